The molecule has 3 rings (SSSR count). The van der Waals surface area contributed by atoms with E-state index in [1.807, 2.05) is 0 Å². The summed E-state index contributed by atoms with van der Waals surface area (Å²) in [5.41, 5.74) is 0. The molecule has 7 heteroatoms. The van der Waals surface area contributed by atoms with E-state index in [4.69, 9.17) is 20.2 Å². The minimum Gasteiger partial charge on any atom is -0.450 e. The van der Waals surface area contributed by atoms with E-state index >= 15 is 0 Å². The molecule has 2 heterocycles. The van der Waals surface area contributed by atoms with Crippen LogP contribution in [0.1, 0.15) is 26.7 Å². The molecule has 3 unspecified atom stereocenters. The highest BCUT2D eigenvalue weighted by Gasteiger charge is 2.60. The van der Waals surface area contributed by atoms with Crippen molar-refractivity contribution in [2.24, 2.45) is 28.1 Å². The Balaban J connectivity index is 1.92. The van der Waals surface area contributed by atoms with Gasteiger partial charge in [-0.25, -0.2) is 0 Å². The zero-order valence-corrected chi connectivity index (χ0v) is 11.8. The zero-order valence-electron chi connectivity index (χ0n) is 10.2. The predicted molar refractivity (Wildman–Crippen MR) is 66.5 cm³/mol. The van der Waals surface area contributed by atoms with Crippen LogP contribution in [-0.4, -0.2) is 26.7 Å². The maximum Gasteiger partial charge on any atom is 0.342 e. The molecule has 1 aliphatic carbocycles. The van der Waals surface area contributed by atoms with Gasteiger partial charge in [-0.3, -0.25) is 0 Å². The van der Waals surface area contributed by atoms with Crippen LogP contribution in [0.5, 0.6) is 0 Å². The highest BCUT2D eigenvalue weighted by molar-refractivity contribution is 8.12. The Hall–Kier alpha value is -0.330. The van der Waals surface area contributed by atoms with Crippen LogP contribution in [0.4, 0.5) is 0 Å². The minimum absolute atomic E-state index is 0.0275. The van der Waals surface area contributed by atoms with E-state index in [0.29, 0.717) is 11.8 Å². The summed E-state index contributed by atoms with van der Waals surface area (Å²) in [5.74, 6) is 1.39. The molecule has 102 valence electrons. The molecule has 0 aromatic carbocycles. The van der Waals surface area contributed by atoms with Gasteiger partial charge in [0, 0.05) is 16.6 Å². The third kappa shape index (κ3) is 1.94. The number of nitrogens with zero attached hydrogens (tertiary/aromatic N) is 1. The Labute approximate surface area is 111 Å². The summed E-state index contributed by atoms with van der Waals surface area (Å²) in [7, 11) is 1.25. The molecule has 0 amide bonds. The average molecular weight is 294 g/mol. The maximum absolute atomic E-state index is 11.1. The molecule has 4 bridgehead atoms. The fraction of sp³-hybridized carbons (Fsp3) is 0.909. The summed E-state index contributed by atoms with van der Waals surface area (Å²) in [6, 6.07) is 0. The van der Waals surface area contributed by atoms with Crippen LogP contribution in [-0.2, 0) is 18.7 Å². The van der Waals surface area contributed by atoms with Crippen LogP contribution >= 0.6 is 10.7 Å². The lowest BCUT2D eigenvalue weighted by Gasteiger charge is -2.35. The lowest BCUT2D eigenvalue weighted by molar-refractivity contribution is -0.119. The summed E-state index contributed by atoms with van der Waals surface area (Å²) >= 11 is 0. The van der Waals surface area contributed by atoms with Crippen molar-refractivity contribution < 1.29 is 17.9 Å². The molecule has 0 aromatic heterocycles. The second kappa shape index (κ2) is 4.08. The first-order chi connectivity index (χ1) is 8.37. The molecule has 5 atom stereocenters. The van der Waals surface area contributed by atoms with Crippen molar-refractivity contribution in [2.75, 3.05) is 0 Å². The van der Waals surface area contributed by atoms with Gasteiger partial charge in [-0.1, -0.05) is 13.8 Å². The van der Waals surface area contributed by atoms with Crippen LogP contribution in [0.3, 0.4) is 0 Å². The first kappa shape index (κ1) is 12.7. The Morgan fingerprint density at radius 3 is 2.72 bits per heavy atom. The van der Waals surface area contributed by atoms with Crippen molar-refractivity contribution >= 4 is 25.8 Å². The van der Waals surface area contributed by atoms with E-state index in [0.717, 1.165) is 12.8 Å². The minimum atomic E-state index is -3.92. The normalized spacial score (nSPS) is 44.7. The molecule has 2 aliphatic heterocycles. The van der Waals surface area contributed by atoms with Crippen molar-refractivity contribution in [3.8, 4) is 0 Å². The fourth-order valence-corrected chi connectivity index (χ4v) is 4.11. The van der Waals surface area contributed by atoms with E-state index in [2.05, 4.69) is 18.2 Å². The van der Waals surface area contributed by atoms with Crippen LogP contribution in [0.25, 0.3) is 0 Å². The van der Waals surface area contributed by atoms with Gasteiger partial charge in [-0.05, 0) is 24.7 Å². The molecular formula is C11H16ClNO4S. The number of halogens is 1. The van der Waals surface area contributed by atoms with E-state index in [9.17, 15) is 8.42 Å². The number of ether oxygens (including phenoxy) is 2. The van der Waals surface area contributed by atoms with Gasteiger partial charge in [-0.2, -0.15) is 8.42 Å². The van der Waals surface area contributed by atoms with Crippen LogP contribution < -0.4 is 0 Å². The molecule has 5 nitrogen and oxygen atoms in total. The van der Waals surface area contributed by atoms with Gasteiger partial charge in [0.15, 0.2) is 0 Å². The summed E-state index contributed by atoms with van der Waals surface area (Å²) in [5, 5.41) is 0. The van der Waals surface area contributed by atoms with E-state index in [-0.39, 0.29) is 30.1 Å². The van der Waals surface area contributed by atoms with Crippen molar-refractivity contribution in [3.63, 3.8) is 0 Å². The molecule has 18 heavy (non-hydrogen) atoms. The standard InChI is InChI=1S/C11H16ClNO4S/c1-5(2)6-3-4-7-8-9(6)16-11(7)17-10(8)13-18(12,14)15/h5-9,11H,3-4H2,1-2H3/b13-10+/t6?,7-,8?,9+,11?/m0/s1. The largest absolute Gasteiger partial charge is 0.450 e. The molecule has 0 N–H and O–H groups in total. The molecule has 3 aliphatic rings. The smallest absolute Gasteiger partial charge is 0.342 e. The Morgan fingerprint density at radius 2 is 2.11 bits per heavy atom. The lowest BCUT2D eigenvalue weighted by Crippen LogP contribution is -2.40. The van der Waals surface area contributed by atoms with Crippen LogP contribution in [0, 0.1) is 23.7 Å². The summed E-state index contributed by atoms with van der Waals surface area (Å²) < 4.78 is 36.9. The third-order valence-corrected chi connectivity index (χ3v) is 4.89. The van der Waals surface area contributed by atoms with Gasteiger partial charge >= 0.3 is 9.24 Å². The van der Waals surface area contributed by atoms with Gasteiger partial charge in [0.05, 0.1) is 12.0 Å². The van der Waals surface area contributed by atoms with E-state index < -0.39 is 9.24 Å². The zero-order chi connectivity index (χ0) is 13.1. The summed E-state index contributed by atoms with van der Waals surface area (Å²) in [6.07, 6.45) is 1.79. The highest BCUT2D eigenvalue weighted by Crippen LogP contribution is 2.53. The van der Waals surface area contributed by atoms with Crippen LogP contribution in [0.15, 0.2) is 4.40 Å². The molecule has 0 spiro atoms. The monoisotopic (exact) mass is 293 g/mol. The maximum atomic E-state index is 11.1. The van der Waals surface area contributed by atoms with Crippen molar-refractivity contribution in [1.82, 2.24) is 0 Å². The van der Waals surface area contributed by atoms with E-state index in [1.165, 1.54) is 0 Å². The Morgan fingerprint density at radius 1 is 1.39 bits per heavy atom. The fourth-order valence-electron chi connectivity index (χ4n) is 3.52. The topological polar surface area (TPSA) is 65.0 Å². The molecule has 3 fully saturated rings. The van der Waals surface area contributed by atoms with Crippen molar-refractivity contribution in [2.45, 2.75) is 39.1 Å². The van der Waals surface area contributed by atoms with E-state index in [1.54, 1.807) is 0 Å². The van der Waals surface area contributed by atoms with Gasteiger partial charge in [0.25, 0.3) is 0 Å². The molecule has 0 radical (unpaired) electrons. The Bertz CT molecular complexity index is 489. The predicted octanol–water partition coefficient (Wildman–Crippen LogP) is 1.92. The summed E-state index contributed by atoms with van der Waals surface area (Å²) in [4.78, 5) is 0. The molecule has 2 saturated heterocycles. The SMILES string of the molecule is CC(C)C1CC[C@@H]2C3O/C(=N/S(=O)(=O)Cl)C2[C@@H]1O3. The van der Waals surface area contributed by atoms with Crippen molar-refractivity contribution in [3.05, 3.63) is 0 Å². The molecular weight excluding hydrogens is 278 g/mol. The summed E-state index contributed by atoms with van der Waals surface area (Å²) in [6.45, 7) is 4.33. The molecule has 0 aromatic rings. The molecule has 1 saturated carbocycles. The second-order valence-electron chi connectivity index (χ2n) is 5.60. The average Bonchev–Trinajstić information content (AvgIpc) is 2.66. The number of hydrogen-bond donors (Lipinski definition) is 0. The first-order valence-corrected chi connectivity index (χ1v) is 8.50. The lowest BCUT2D eigenvalue weighted by atomic mass is 9.71. The van der Waals surface area contributed by atoms with Gasteiger partial charge in [-0.15, -0.1) is 4.40 Å². The highest BCUT2D eigenvalue weighted by atomic mass is 35.7. The van der Waals surface area contributed by atoms with Gasteiger partial charge in [0.1, 0.15) is 0 Å². The first-order valence-electron chi connectivity index (χ1n) is 6.23. The quantitative estimate of drug-likeness (QED) is 0.730. The third-order valence-electron chi connectivity index (χ3n) is 4.29. The second-order valence-corrected chi connectivity index (χ2v) is 7.78. The number of rotatable bonds is 2. The Kier molecular flexibility index (Phi) is 2.88. The van der Waals surface area contributed by atoms with Gasteiger partial charge < -0.3 is 9.47 Å². The number of hydrogen-bond acceptors (Lipinski definition) is 4. The van der Waals surface area contributed by atoms with Crippen LogP contribution in [0.2, 0.25) is 0 Å². The van der Waals surface area contributed by atoms with Crippen molar-refractivity contribution in [1.29, 1.82) is 0 Å². The van der Waals surface area contributed by atoms with Gasteiger partial charge in [0.2, 0.25) is 12.2 Å².